The second-order valence-corrected chi connectivity index (χ2v) is 9.75. The third-order valence-corrected chi connectivity index (χ3v) is 7.80. The summed E-state index contributed by atoms with van der Waals surface area (Å²) < 4.78 is 33.0. The maximum absolute atomic E-state index is 13.0. The Morgan fingerprint density at radius 2 is 1.73 bits per heavy atom. The van der Waals surface area contributed by atoms with Crippen molar-refractivity contribution in [2.45, 2.75) is 31.1 Å². The molecule has 3 rings (SSSR count). The maximum atomic E-state index is 13.0. The molecule has 0 atom stereocenters. The standard InChI is InChI=1S/C21H24Cl2N2O4S/c1-2-14-29-19-9-4-3-8-18(19)24-21(26)15-10-12-25(13-11-15)30(27,28)20-16(22)6-5-7-17(20)23/h3-9,15H,2,10-14H2,1H3,(H,24,26). The Kier molecular flexibility index (Phi) is 7.63. The summed E-state index contributed by atoms with van der Waals surface area (Å²) in [6, 6.07) is 11.9. The zero-order chi connectivity index (χ0) is 21.7. The second kappa shape index (κ2) is 10.0. The summed E-state index contributed by atoms with van der Waals surface area (Å²) in [6.07, 6.45) is 1.68. The Hall–Kier alpha value is -1.80. The highest BCUT2D eigenvalue weighted by Gasteiger charge is 2.34. The molecule has 0 saturated carbocycles. The number of sulfonamides is 1. The van der Waals surface area contributed by atoms with Crippen LogP contribution in [0.25, 0.3) is 0 Å². The van der Waals surface area contributed by atoms with Crippen LogP contribution in [0.5, 0.6) is 5.75 Å². The minimum atomic E-state index is -3.83. The number of piperidine rings is 1. The highest BCUT2D eigenvalue weighted by Crippen LogP contribution is 2.34. The maximum Gasteiger partial charge on any atom is 0.246 e. The minimum absolute atomic E-state index is 0.0850. The van der Waals surface area contributed by atoms with Crippen LogP contribution in [0.15, 0.2) is 47.4 Å². The molecular weight excluding hydrogens is 447 g/mol. The fourth-order valence-corrected chi connectivity index (χ4v) is 5.92. The van der Waals surface area contributed by atoms with Gasteiger partial charge in [-0.15, -0.1) is 0 Å². The highest BCUT2D eigenvalue weighted by atomic mass is 35.5. The SMILES string of the molecule is CCCOc1ccccc1NC(=O)C1CCN(S(=O)(=O)c2c(Cl)cccc2Cl)CC1. The molecule has 0 aromatic heterocycles. The van der Waals surface area contributed by atoms with Crippen LogP contribution in [0.3, 0.4) is 0 Å². The molecule has 1 heterocycles. The number of para-hydroxylation sites is 2. The fraction of sp³-hybridized carbons (Fsp3) is 0.381. The fourth-order valence-electron chi connectivity index (χ4n) is 3.36. The van der Waals surface area contributed by atoms with Gasteiger partial charge in [-0.1, -0.05) is 48.3 Å². The first-order valence-electron chi connectivity index (χ1n) is 9.81. The predicted molar refractivity (Wildman–Crippen MR) is 119 cm³/mol. The monoisotopic (exact) mass is 470 g/mol. The van der Waals surface area contributed by atoms with Crippen LogP contribution >= 0.6 is 23.2 Å². The summed E-state index contributed by atoms with van der Waals surface area (Å²) in [5.41, 5.74) is 0.619. The van der Waals surface area contributed by atoms with Crippen molar-refractivity contribution in [2.24, 2.45) is 5.92 Å². The van der Waals surface area contributed by atoms with Crippen molar-refractivity contribution in [2.75, 3.05) is 25.0 Å². The first-order chi connectivity index (χ1) is 14.3. The molecule has 0 bridgehead atoms. The van der Waals surface area contributed by atoms with E-state index in [1.807, 2.05) is 25.1 Å². The number of amides is 1. The Morgan fingerprint density at radius 1 is 1.10 bits per heavy atom. The van der Waals surface area contributed by atoms with Crippen LogP contribution in [0.2, 0.25) is 10.0 Å². The Balaban J connectivity index is 1.65. The summed E-state index contributed by atoms with van der Waals surface area (Å²) in [4.78, 5) is 12.7. The minimum Gasteiger partial charge on any atom is -0.491 e. The normalized spacial score (nSPS) is 15.7. The van der Waals surface area contributed by atoms with E-state index < -0.39 is 10.0 Å². The van der Waals surface area contributed by atoms with Crippen LogP contribution in [-0.2, 0) is 14.8 Å². The van der Waals surface area contributed by atoms with E-state index in [0.29, 0.717) is 30.9 Å². The van der Waals surface area contributed by atoms with Gasteiger partial charge in [0.2, 0.25) is 15.9 Å². The van der Waals surface area contributed by atoms with E-state index in [0.717, 1.165) is 6.42 Å². The zero-order valence-electron chi connectivity index (χ0n) is 16.6. The number of carbonyl (C=O) groups excluding carboxylic acids is 1. The van der Waals surface area contributed by atoms with Crippen molar-refractivity contribution in [1.29, 1.82) is 0 Å². The number of ether oxygens (including phenoxy) is 1. The first-order valence-corrected chi connectivity index (χ1v) is 12.0. The number of hydrogen-bond donors (Lipinski definition) is 1. The number of halogens is 2. The molecule has 1 N–H and O–H groups in total. The summed E-state index contributed by atoms with van der Waals surface area (Å²) in [6.45, 7) is 3.01. The van der Waals surface area contributed by atoms with Gasteiger partial charge in [0.1, 0.15) is 10.6 Å². The van der Waals surface area contributed by atoms with Gasteiger partial charge in [-0.05, 0) is 43.5 Å². The number of benzene rings is 2. The lowest BCUT2D eigenvalue weighted by Gasteiger charge is -2.31. The van der Waals surface area contributed by atoms with Crippen LogP contribution in [0.4, 0.5) is 5.69 Å². The largest absolute Gasteiger partial charge is 0.491 e. The van der Waals surface area contributed by atoms with Crippen molar-refractivity contribution in [3.63, 3.8) is 0 Å². The molecule has 1 saturated heterocycles. The van der Waals surface area contributed by atoms with Crippen LogP contribution in [0.1, 0.15) is 26.2 Å². The van der Waals surface area contributed by atoms with Gasteiger partial charge in [0.25, 0.3) is 0 Å². The van der Waals surface area contributed by atoms with Crippen LogP contribution < -0.4 is 10.1 Å². The molecule has 1 aliphatic rings. The van der Waals surface area contributed by atoms with Crippen molar-refractivity contribution < 1.29 is 17.9 Å². The van der Waals surface area contributed by atoms with E-state index in [-0.39, 0.29) is 39.9 Å². The van der Waals surface area contributed by atoms with Gasteiger partial charge in [0.05, 0.1) is 22.3 Å². The smallest absolute Gasteiger partial charge is 0.246 e. The molecule has 1 amide bonds. The molecule has 0 aliphatic carbocycles. The van der Waals surface area contributed by atoms with Crippen molar-refractivity contribution >= 4 is 44.8 Å². The average Bonchev–Trinajstić information content (AvgIpc) is 2.73. The molecule has 1 fully saturated rings. The number of nitrogens with one attached hydrogen (secondary N) is 1. The number of carbonyl (C=O) groups is 1. The molecule has 0 unspecified atom stereocenters. The van der Waals surface area contributed by atoms with E-state index >= 15 is 0 Å². The van der Waals surface area contributed by atoms with Gasteiger partial charge >= 0.3 is 0 Å². The molecule has 2 aromatic carbocycles. The summed E-state index contributed by atoms with van der Waals surface area (Å²) in [7, 11) is -3.83. The average molecular weight is 471 g/mol. The molecule has 30 heavy (non-hydrogen) atoms. The second-order valence-electron chi connectivity index (χ2n) is 7.06. The van der Waals surface area contributed by atoms with Crippen molar-refractivity contribution in [3.05, 3.63) is 52.5 Å². The van der Waals surface area contributed by atoms with Crippen LogP contribution in [0, 0.1) is 5.92 Å². The van der Waals surface area contributed by atoms with Crippen LogP contribution in [-0.4, -0.2) is 38.3 Å². The van der Waals surface area contributed by atoms with Crippen molar-refractivity contribution in [1.82, 2.24) is 4.31 Å². The summed E-state index contributed by atoms with van der Waals surface area (Å²) in [5, 5.41) is 3.10. The van der Waals surface area contributed by atoms with Gasteiger partial charge in [-0.3, -0.25) is 4.79 Å². The van der Waals surface area contributed by atoms with E-state index in [9.17, 15) is 13.2 Å². The van der Waals surface area contributed by atoms with Gasteiger partial charge in [0.15, 0.2) is 0 Å². The Morgan fingerprint density at radius 3 is 2.37 bits per heavy atom. The first kappa shape index (κ1) is 22.9. The van der Waals surface area contributed by atoms with E-state index in [4.69, 9.17) is 27.9 Å². The lowest BCUT2D eigenvalue weighted by molar-refractivity contribution is -0.120. The van der Waals surface area contributed by atoms with E-state index in [1.165, 1.54) is 16.4 Å². The quantitative estimate of drug-likeness (QED) is 0.628. The summed E-state index contributed by atoms with van der Waals surface area (Å²) in [5.74, 6) is 0.189. The number of anilines is 1. The topological polar surface area (TPSA) is 75.7 Å². The third kappa shape index (κ3) is 5.09. The predicted octanol–water partition coefficient (Wildman–Crippen LogP) is 4.82. The number of rotatable bonds is 7. The molecular formula is C21H24Cl2N2O4S. The number of nitrogens with zero attached hydrogens (tertiary/aromatic N) is 1. The van der Waals surface area contributed by atoms with E-state index in [2.05, 4.69) is 5.32 Å². The lowest BCUT2D eigenvalue weighted by atomic mass is 9.97. The highest BCUT2D eigenvalue weighted by molar-refractivity contribution is 7.89. The third-order valence-electron chi connectivity index (χ3n) is 4.95. The van der Waals surface area contributed by atoms with Crippen molar-refractivity contribution in [3.8, 4) is 5.75 Å². The van der Waals surface area contributed by atoms with Gasteiger partial charge in [0, 0.05) is 19.0 Å². The molecule has 9 heteroatoms. The van der Waals surface area contributed by atoms with Gasteiger partial charge in [-0.25, -0.2) is 8.42 Å². The van der Waals surface area contributed by atoms with Gasteiger partial charge in [-0.2, -0.15) is 4.31 Å². The van der Waals surface area contributed by atoms with Gasteiger partial charge < -0.3 is 10.1 Å². The van der Waals surface area contributed by atoms with E-state index in [1.54, 1.807) is 12.1 Å². The molecule has 0 spiro atoms. The molecule has 162 valence electrons. The Bertz CT molecular complexity index is 986. The summed E-state index contributed by atoms with van der Waals surface area (Å²) >= 11 is 12.2. The number of hydrogen-bond acceptors (Lipinski definition) is 4. The lowest BCUT2D eigenvalue weighted by Crippen LogP contribution is -2.41. The zero-order valence-corrected chi connectivity index (χ0v) is 18.9. The molecule has 1 aliphatic heterocycles. The Labute approximate surface area is 187 Å². The molecule has 0 radical (unpaired) electrons. The molecule has 2 aromatic rings. The molecule has 6 nitrogen and oxygen atoms in total.